The molecule has 0 aliphatic rings. The number of methoxy groups -OCH3 is 1. The van der Waals surface area contributed by atoms with Gasteiger partial charge in [-0.25, -0.2) is 4.79 Å². The summed E-state index contributed by atoms with van der Waals surface area (Å²) in [5.41, 5.74) is 0.519. The van der Waals surface area contributed by atoms with E-state index in [2.05, 4.69) is 0 Å². The molecule has 0 spiro atoms. The third-order valence-corrected chi connectivity index (χ3v) is 1.93. The Kier molecular flexibility index (Phi) is 3.48. The first-order valence-electron chi connectivity index (χ1n) is 4.20. The highest BCUT2D eigenvalue weighted by Gasteiger charge is 2.11. The molecule has 0 bridgehead atoms. The summed E-state index contributed by atoms with van der Waals surface area (Å²) in [5, 5.41) is 18.3. The lowest BCUT2D eigenvalue weighted by molar-refractivity contribution is 0.0693. The molecule has 0 fully saturated rings. The molecule has 4 nitrogen and oxygen atoms in total. The highest BCUT2D eigenvalue weighted by atomic mass is 16.5. The minimum atomic E-state index is -1.12. The summed E-state index contributed by atoms with van der Waals surface area (Å²) < 4.78 is 4.84. The summed E-state index contributed by atoms with van der Waals surface area (Å²) in [6.07, 6.45) is 0.503. The van der Waals surface area contributed by atoms with E-state index in [0.29, 0.717) is 18.6 Å². The fraction of sp³-hybridized carbons (Fsp3) is 0.300. The minimum Gasteiger partial charge on any atom is -0.507 e. The lowest BCUT2D eigenvalue weighted by Crippen LogP contribution is -2.01. The van der Waals surface area contributed by atoms with Crippen molar-refractivity contribution in [3.63, 3.8) is 0 Å². The smallest absolute Gasteiger partial charge is 0.339 e. The van der Waals surface area contributed by atoms with Crippen LogP contribution >= 0.6 is 0 Å². The molecule has 0 aromatic heterocycles. The molecule has 0 heterocycles. The highest BCUT2D eigenvalue weighted by Crippen LogP contribution is 2.22. The van der Waals surface area contributed by atoms with Gasteiger partial charge in [-0.05, 0) is 18.1 Å². The molecule has 2 N–H and O–H groups in total. The molecule has 0 amide bonds. The van der Waals surface area contributed by atoms with Crippen LogP contribution in [0.1, 0.15) is 15.9 Å². The number of aromatic carboxylic acids is 1. The Morgan fingerprint density at radius 3 is 2.79 bits per heavy atom. The Hall–Kier alpha value is -1.55. The minimum absolute atomic E-state index is 0.0707. The van der Waals surface area contributed by atoms with Gasteiger partial charge in [0.2, 0.25) is 0 Å². The van der Waals surface area contributed by atoms with Gasteiger partial charge in [0.15, 0.2) is 0 Å². The van der Waals surface area contributed by atoms with Crippen molar-refractivity contribution < 1.29 is 19.7 Å². The van der Waals surface area contributed by atoms with E-state index in [9.17, 15) is 9.90 Å². The lowest BCUT2D eigenvalue weighted by Gasteiger charge is -2.05. The summed E-state index contributed by atoms with van der Waals surface area (Å²) in [4.78, 5) is 10.7. The zero-order valence-corrected chi connectivity index (χ0v) is 7.86. The van der Waals surface area contributed by atoms with Crippen molar-refractivity contribution in [1.82, 2.24) is 0 Å². The van der Waals surface area contributed by atoms with Crippen LogP contribution in [0.3, 0.4) is 0 Å². The van der Waals surface area contributed by atoms with Crippen molar-refractivity contribution >= 4 is 5.97 Å². The summed E-state index contributed by atoms with van der Waals surface area (Å²) in [6.45, 7) is 0.455. The first-order valence-corrected chi connectivity index (χ1v) is 4.20. The van der Waals surface area contributed by atoms with Gasteiger partial charge in [-0.3, -0.25) is 0 Å². The van der Waals surface area contributed by atoms with E-state index in [1.54, 1.807) is 19.2 Å². The quantitative estimate of drug-likeness (QED) is 0.761. The van der Waals surface area contributed by atoms with Crippen LogP contribution in [-0.4, -0.2) is 29.9 Å². The number of carbonyl (C=O) groups is 1. The molecule has 1 rings (SSSR count). The number of para-hydroxylation sites is 1. The first-order chi connectivity index (χ1) is 6.66. The molecule has 1 aromatic rings. The second-order valence-corrected chi connectivity index (χ2v) is 2.86. The molecule has 0 atom stereocenters. The topological polar surface area (TPSA) is 66.8 Å². The third kappa shape index (κ3) is 2.23. The van der Waals surface area contributed by atoms with Gasteiger partial charge < -0.3 is 14.9 Å². The fourth-order valence-electron chi connectivity index (χ4n) is 1.18. The summed E-state index contributed by atoms with van der Waals surface area (Å²) >= 11 is 0. The molecule has 14 heavy (non-hydrogen) atoms. The number of rotatable bonds is 4. The highest BCUT2D eigenvalue weighted by molar-refractivity contribution is 5.91. The van der Waals surface area contributed by atoms with Gasteiger partial charge in [0.25, 0.3) is 0 Å². The maximum absolute atomic E-state index is 10.7. The lowest BCUT2D eigenvalue weighted by atomic mass is 10.1. The molecule has 0 aliphatic carbocycles. The van der Waals surface area contributed by atoms with Crippen LogP contribution in [0, 0.1) is 0 Å². The van der Waals surface area contributed by atoms with Gasteiger partial charge in [-0.1, -0.05) is 12.1 Å². The van der Waals surface area contributed by atoms with Crippen LogP contribution in [0.5, 0.6) is 5.75 Å². The van der Waals surface area contributed by atoms with Crippen molar-refractivity contribution in [2.45, 2.75) is 6.42 Å². The van der Waals surface area contributed by atoms with Gasteiger partial charge in [0.1, 0.15) is 11.3 Å². The SMILES string of the molecule is COCCc1cccc(C(=O)O)c1O. The number of phenols is 1. The maximum Gasteiger partial charge on any atom is 0.339 e. The molecule has 0 saturated heterocycles. The zero-order chi connectivity index (χ0) is 10.6. The van der Waals surface area contributed by atoms with E-state index in [1.165, 1.54) is 6.07 Å². The Balaban J connectivity index is 2.95. The van der Waals surface area contributed by atoms with E-state index in [0.717, 1.165) is 0 Å². The number of aromatic hydroxyl groups is 1. The van der Waals surface area contributed by atoms with E-state index in [-0.39, 0.29) is 11.3 Å². The molecular weight excluding hydrogens is 184 g/mol. The Morgan fingerprint density at radius 2 is 2.21 bits per heavy atom. The number of hydrogen-bond acceptors (Lipinski definition) is 3. The Labute approximate surface area is 81.8 Å². The predicted molar refractivity (Wildman–Crippen MR) is 50.6 cm³/mol. The molecule has 1 aromatic carbocycles. The molecule has 76 valence electrons. The van der Waals surface area contributed by atoms with E-state index >= 15 is 0 Å². The second kappa shape index (κ2) is 4.62. The largest absolute Gasteiger partial charge is 0.507 e. The van der Waals surface area contributed by atoms with Crippen LogP contribution in [0.2, 0.25) is 0 Å². The van der Waals surface area contributed by atoms with Crippen LogP contribution < -0.4 is 0 Å². The number of benzene rings is 1. The van der Waals surface area contributed by atoms with Crippen molar-refractivity contribution in [2.75, 3.05) is 13.7 Å². The van der Waals surface area contributed by atoms with Gasteiger partial charge in [-0.15, -0.1) is 0 Å². The van der Waals surface area contributed by atoms with Gasteiger partial charge in [0.05, 0.1) is 6.61 Å². The van der Waals surface area contributed by atoms with E-state index in [1.807, 2.05) is 0 Å². The van der Waals surface area contributed by atoms with Gasteiger partial charge >= 0.3 is 5.97 Å². The number of ether oxygens (including phenoxy) is 1. The average Bonchev–Trinajstić information content (AvgIpc) is 2.16. The normalized spacial score (nSPS) is 10.1. The fourth-order valence-corrected chi connectivity index (χ4v) is 1.18. The van der Waals surface area contributed by atoms with Crippen LogP contribution in [0.25, 0.3) is 0 Å². The van der Waals surface area contributed by atoms with Gasteiger partial charge in [-0.2, -0.15) is 0 Å². The molecule has 0 aliphatic heterocycles. The second-order valence-electron chi connectivity index (χ2n) is 2.86. The van der Waals surface area contributed by atoms with Crippen molar-refractivity contribution in [3.8, 4) is 5.75 Å². The number of carboxylic acid groups (broad SMARTS) is 1. The molecular formula is C10H12O4. The number of carboxylic acids is 1. The summed E-state index contributed by atoms with van der Waals surface area (Å²) in [6, 6.07) is 4.66. The van der Waals surface area contributed by atoms with Gasteiger partial charge in [0, 0.05) is 7.11 Å². The van der Waals surface area contributed by atoms with Crippen LogP contribution in [0.15, 0.2) is 18.2 Å². The average molecular weight is 196 g/mol. The molecule has 0 saturated carbocycles. The summed E-state index contributed by atoms with van der Waals surface area (Å²) in [7, 11) is 1.55. The molecule has 0 unspecified atom stereocenters. The Morgan fingerprint density at radius 1 is 1.50 bits per heavy atom. The standard InChI is InChI=1S/C10H12O4/c1-14-6-5-7-3-2-4-8(9(7)11)10(12)13/h2-4,11H,5-6H2,1H3,(H,12,13). The van der Waals surface area contributed by atoms with Crippen molar-refractivity contribution in [3.05, 3.63) is 29.3 Å². The van der Waals surface area contributed by atoms with E-state index < -0.39 is 5.97 Å². The predicted octanol–water partition coefficient (Wildman–Crippen LogP) is 1.28. The maximum atomic E-state index is 10.7. The third-order valence-electron chi connectivity index (χ3n) is 1.93. The van der Waals surface area contributed by atoms with Crippen molar-refractivity contribution in [2.24, 2.45) is 0 Å². The zero-order valence-electron chi connectivity index (χ0n) is 7.86. The summed E-state index contributed by atoms with van der Waals surface area (Å²) in [5.74, 6) is -1.29. The van der Waals surface area contributed by atoms with Crippen molar-refractivity contribution in [1.29, 1.82) is 0 Å². The van der Waals surface area contributed by atoms with Crippen LogP contribution in [0.4, 0.5) is 0 Å². The Bertz CT molecular complexity index is 333. The molecule has 4 heteroatoms. The van der Waals surface area contributed by atoms with Crippen LogP contribution in [-0.2, 0) is 11.2 Å². The van der Waals surface area contributed by atoms with E-state index in [4.69, 9.17) is 9.84 Å². The number of hydrogen-bond donors (Lipinski definition) is 2. The first kappa shape index (κ1) is 10.5. The molecule has 0 radical (unpaired) electrons. The monoisotopic (exact) mass is 196 g/mol.